The van der Waals surface area contributed by atoms with Crippen molar-refractivity contribution in [1.82, 2.24) is 9.97 Å². The van der Waals surface area contributed by atoms with Crippen molar-refractivity contribution < 1.29 is 4.74 Å². The second kappa shape index (κ2) is 6.56. The molecular formula is C9H14ClN3O. The van der Waals surface area contributed by atoms with Gasteiger partial charge in [0.25, 0.3) is 0 Å². The van der Waals surface area contributed by atoms with Crippen molar-refractivity contribution >= 4 is 17.4 Å². The smallest absolute Gasteiger partial charge is 0.144 e. The Balaban J connectivity index is 2.46. The first-order valence-corrected chi connectivity index (χ1v) is 4.97. The van der Waals surface area contributed by atoms with Crippen LogP contribution in [0.2, 0.25) is 0 Å². The van der Waals surface area contributed by atoms with E-state index >= 15 is 0 Å². The lowest BCUT2D eigenvalue weighted by Crippen LogP contribution is -2.25. The summed E-state index contributed by atoms with van der Waals surface area (Å²) in [6.45, 7) is 0.614. The van der Waals surface area contributed by atoms with Crippen LogP contribution in [0.5, 0.6) is 0 Å². The van der Waals surface area contributed by atoms with Crippen LogP contribution in [0.1, 0.15) is 6.42 Å². The summed E-state index contributed by atoms with van der Waals surface area (Å²) in [4.78, 5) is 8.07. The van der Waals surface area contributed by atoms with Crippen molar-refractivity contribution in [3.63, 3.8) is 0 Å². The van der Waals surface area contributed by atoms with Crippen LogP contribution in [-0.2, 0) is 4.74 Å². The molecule has 4 nitrogen and oxygen atoms in total. The number of alkyl halides is 1. The summed E-state index contributed by atoms with van der Waals surface area (Å²) in [6, 6.07) is 0.189. The predicted octanol–water partition coefficient (Wildman–Crippen LogP) is 1.53. The van der Waals surface area contributed by atoms with Crippen molar-refractivity contribution in [3.05, 3.63) is 18.6 Å². The Morgan fingerprint density at radius 1 is 1.57 bits per heavy atom. The number of methoxy groups -OCH3 is 1. The molecule has 0 spiro atoms. The van der Waals surface area contributed by atoms with E-state index < -0.39 is 0 Å². The normalized spacial score (nSPS) is 12.4. The third-order valence-electron chi connectivity index (χ3n) is 1.74. The molecule has 0 aliphatic heterocycles. The van der Waals surface area contributed by atoms with Gasteiger partial charge < -0.3 is 10.1 Å². The highest BCUT2D eigenvalue weighted by molar-refractivity contribution is 6.17. The number of hydrogen-bond acceptors (Lipinski definition) is 4. The molecule has 0 radical (unpaired) electrons. The minimum atomic E-state index is 0.189. The van der Waals surface area contributed by atoms with Crippen molar-refractivity contribution in [2.75, 3.05) is 24.9 Å². The molecule has 0 saturated heterocycles. The van der Waals surface area contributed by atoms with Gasteiger partial charge in [0.1, 0.15) is 5.82 Å². The largest absolute Gasteiger partial charge is 0.383 e. The Morgan fingerprint density at radius 2 is 2.43 bits per heavy atom. The van der Waals surface area contributed by atoms with Crippen LogP contribution in [0, 0.1) is 0 Å². The topological polar surface area (TPSA) is 47.0 Å². The molecule has 5 heteroatoms. The fourth-order valence-corrected chi connectivity index (χ4v) is 1.38. The van der Waals surface area contributed by atoms with Crippen molar-refractivity contribution in [2.24, 2.45) is 0 Å². The van der Waals surface area contributed by atoms with Gasteiger partial charge in [-0.25, -0.2) is 4.98 Å². The van der Waals surface area contributed by atoms with Gasteiger partial charge in [0, 0.05) is 25.4 Å². The summed E-state index contributed by atoms with van der Waals surface area (Å²) in [6.07, 6.45) is 5.80. The molecule has 0 saturated carbocycles. The van der Waals surface area contributed by atoms with Gasteiger partial charge in [-0.05, 0) is 6.42 Å². The zero-order valence-corrected chi connectivity index (χ0v) is 8.87. The summed E-state index contributed by atoms with van der Waals surface area (Å²) < 4.78 is 5.06. The molecule has 0 aliphatic carbocycles. The fourth-order valence-electron chi connectivity index (χ4n) is 1.11. The summed E-state index contributed by atoms with van der Waals surface area (Å²) in [5, 5.41) is 3.20. The zero-order valence-electron chi connectivity index (χ0n) is 8.11. The highest BCUT2D eigenvalue weighted by atomic mass is 35.5. The molecule has 78 valence electrons. The number of aromatic nitrogens is 2. The maximum absolute atomic E-state index is 5.67. The molecule has 14 heavy (non-hydrogen) atoms. The molecular weight excluding hydrogens is 202 g/mol. The Labute approximate surface area is 88.7 Å². The van der Waals surface area contributed by atoms with Crippen LogP contribution in [0.25, 0.3) is 0 Å². The lowest BCUT2D eigenvalue weighted by atomic mass is 10.2. The first-order chi connectivity index (χ1) is 6.86. The lowest BCUT2D eigenvalue weighted by molar-refractivity contribution is 0.184. The molecule has 1 N–H and O–H groups in total. The first kappa shape index (κ1) is 11.2. The SMILES string of the molecule is COCC(CCCl)Nc1cnccn1. The van der Waals surface area contributed by atoms with Gasteiger partial charge in [-0.15, -0.1) is 11.6 Å². The van der Waals surface area contributed by atoms with Gasteiger partial charge in [0.2, 0.25) is 0 Å². The number of nitrogens with zero attached hydrogens (tertiary/aromatic N) is 2. The molecule has 1 unspecified atom stereocenters. The predicted molar refractivity (Wildman–Crippen MR) is 56.7 cm³/mol. The third kappa shape index (κ3) is 3.89. The quantitative estimate of drug-likeness (QED) is 0.732. The Kier molecular flexibility index (Phi) is 5.25. The molecule has 0 bridgehead atoms. The molecule has 1 aromatic heterocycles. The molecule has 1 atom stereocenters. The van der Waals surface area contributed by atoms with E-state index in [1.165, 1.54) is 0 Å². The number of hydrogen-bond donors (Lipinski definition) is 1. The second-order valence-electron chi connectivity index (χ2n) is 2.86. The standard InChI is InChI=1S/C9H14ClN3O/c1-14-7-8(2-3-10)13-9-6-11-4-5-12-9/h4-6,8H,2-3,7H2,1H3,(H,12,13). The maximum atomic E-state index is 5.67. The maximum Gasteiger partial charge on any atom is 0.144 e. The summed E-state index contributed by atoms with van der Waals surface area (Å²) in [5.41, 5.74) is 0. The average Bonchev–Trinajstić information content (AvgIpc) is 2.20. The van der Waals surface area contributed by atoms with E-state index in [0.29, 0.717) is 12.5 Å². The molecule has 0 amide bonds. The van der Waals surface area contributed by atoms with Gasteiger partial charge in [-0.1, -0.05) is 0 Å². The summed E-state index contributed by atoms with van der Waals surface area (Å²) >= 11 is 5.67. The Morgan fingerprint density at radius 3 is 3.00 bits per heavy atom. The Bertz CT molecular complexity index is 239. The minimum Gasteiger partial charge on any atom is -0.383 e. The van der Waals surface area contributed by atoms with Crippen molar-refractivity contribution in [1.29, 1.82) is 0 Å². The van der Waals surface area contributed by atoms with Crippen LogP contribution in [-0.4, -0.2) is 35.6 Å². The van der Waals surface area contributed by atoms with Gasteiger partial charge in [-0.3, -0.25) is 4.98 Å². The highest BCUT2D eigenvalue weighted by Gasteiger charge is 2.07. The third-order valence-corrected chi connectivity index (χ3v) is 1.96. The van der Waals surface area contributed by atoms with Gasteiger partial charge in [0.15, 0.2) is 0 Å². The lowest BCUT2D eigenvalue weighted by Gasteiger charge is -2.16. The van der Waals surface area contributed by atoms with E-state index in [-0.39, 0.29) is 6.04 Å². The molecule has 0 aliphatic rings. The van der Waals surface area contributed by atoms with Gasteiger partial charge in [-0.2, -0.15) is 0 Å². The van der Waals surface area contributed by atoms with Crippen LogP contribution < -0.4 is 5.32 Å². The van der Waals surface area contributed by atoms with Crippen LogP contribution in [0.15, 0.2) is 18.6 Å². The number of rotatable bonds is 6. The highest BCUT2D eigenvalue weighted by Crippen LogP contribution is 2.05. The van der Waals surface area contributed by atoms with E-state index in [2.05, 4.69) is 15.3 Å². The van der Waals surface area contributed by atoms with Crippen LogP contribution in [0.3, 0.4) is 0 Å². The summed E-state index contributed by atoms with van der Waals surface area (Å²) in [7, 11) is 1.67. The fraction of sp³-hybridized carbons (Fsp3) is 0.556. The molecule has 0 aromatic carbocycles. The van der Waals surface area contributed by atoms with Crippen molar-refractivity contribution in [3.8, 4) is 0 Å². The number of anilines is 1. The molecule has 1 heterocycles. The van der Waals surface area contributed by atoms with Gasteiger partial charge in [0.05, 0.1) is 18.8 Å². The Hall–Kier alpha value is -0.870. The molecule has 0 fully saturated rings. The van der Waals surface area contributed by atoms with E-state index in [1.807, 2.05) is 0 Å². The summed E-state index contributed by atoms with van der Waals surface area (Å²) in [5.74, 6) is 1.35. The average molecular weight is 216 g/mol. The molecule has 1 rings (SSSR count). The minimum absolute atomic E-state index is 0.189. The molecule has 1 aromatic rings. The van der Waals surface area contributed by atoms with Crippen LogP contribution >= 0.6 is 11.6 Å². The number of halogens is 1. The van der Waals surface area contributed by atoms with E-state index in [0.717, 1.165) is 12.2 Å². The number of nitrogens with one attached hydrogen (secondary N) is 1. The van der Waals surface area contributed by atoms with E-state index in [1.54, 1.807) is 25.7 Å². The first-order valence-electron chi connectivity index (χ1n) is 4.44. The van der Waals surface area contributed by atoms with Crippen molar-refractivity contribution in [2.45, 2.75) is 12.5 Å². The van der Waals surface area contributed by atoms with Gasteiger partial charge >= 0.3 is 0 Å². The zero-order chi connectivity index (χ0) is 10.2. The van der Waals surface area contributed by atoms with E-state index in [4.69, 9.17) is 16.3 Å². The monoisotopic (exact) mass is 215 g/mol. The van der Waals surface area contributed by atoms with E-state index in [9.17, 15) is 0 Å². The number of ether oxygens (including phenoxy) is 1. The second-order valence-corrected chi connectivity index (χ2v) is 3.24. The van der Waals surface area contributed by atoms with Crippen LogP contribution in [0.4, 0.5) is 5.82 Å².